The van der Waals surface area contributed by atoms with Gasteiger partial charge < -0.3 is 15.3 Å². The molecule has 0 bridgehead atoms. The molecule has 1 rings (SSSR count). The van der Waals surface area contributed by atoms with E-state index in [-0.39, 0.29) is 16.1 Å². The van der Waals surface area contributed by atoms with Crippen molar-refractivity contribution in [2.45, 2.75) is 18.7 Å². The van der Waals surface area contributed by atoms with Gasteiger partial charge >= 0.3 is 5.97 Å². The molecule has 10 heteroatoms. The quantitative estimate of drug-likeness (QED) is 0.668. The number of furan rings is 1. The second kappa shape index (κ2) is 5.54. The first-order chi connectivity index (χ1) is 8.97. The van der Waals surface area contributed by atoms with Crippen molar-refractivity contribution < 1.29 is 27.5 Å². The maximum Gasteiger partial charge on any atom is 0.371 e. The van der Waals surface area contributed by atoms with Gasteiger partial charge in [-0.15, -0.1) is 0 Å². The number of carboxylic acid groups (broad SMARTS) is 1. The topological polar surface area (TPSA) is 140 Å². The highest BCUT2D eigenvalue weighted by Crippen LogP contribution is 2.26. The molecule has 1 amide bonds. The molecule has 0 fully saturated rings. The molecule has 0 spiro atoms. The van der Waals surface area contributed by atoms with Gasteiger partial charge in [0.05, 0.1) is 5.41 Å². The molecular formula is C10H13BrN2O6S. The van der Waals surface area contributed by atoms with E-state index in [0.29, 0.717) is 0 Å². The summed E-state index contributed by atoms with van der Waals surface area (Å²) in [6, 6.07) is 0.867. The summed E-state index contributed by atoms with van der Waals surface area (Å²) in [4.78, 5) is 21.5. The van der Waals surface area contributed by atoms with Crippen LogP contribution in [-0.2, 0) is 14.8 Å². The second-order valence-corrected chi connectivity index (χ2v) is 7.08. The van der Waals surface area contributed by atoms with Gasteiger partial charge in [0.15, 0.2) is 4.67 Å². The van der Waals surface area contributed by atoms with E-state index in [1.807, 2.05) is 0 Å². The number of hydrogen-bond acceptors (Lipinski definition) is 5. The maximum absolute atomic E-state index is 12.0. The molecule has 0 aliphatic heterocycles. The number of carboxylic acids is 1. The first kappa shape index (κ1) is 16.7. The zero-order chi connectivity index (χ0) is 15.7. The van der Waals surface area contributed by atoms with Gasteiger partial charge in [0, 0.05) is 12.6 Å². The van der Waals surface area contributed by atoms with Crippen LogP contribution in [0.2, 0.25) is 0 Å². The van der Waals surface area contributed by atoms with Crippen LogP contribution in [-0.4, -0.2) is 31.9 Å². The Kier molecular flexibility index (Phi) is 4.62. The summed E-state index contributed by atoms with van der Waals surface area (Å²) in [6.45, 7) is 2.72. The van der Waals surface area contributed by atoms with Crippen LogP contribution >= 0.6 is 15.9 Å². The lowest BCUT2D eigenvalue weighted by atomic mass is 9.93. The molecule has 0 unspecified atom stereocenters. The highest BCUT2D eigenvalue weighted by molar-refractivity contribution is 9.10. The number of carbonyl (C=O) groups excluding carboxylic acids is 1. The lowest BCUT2D eigenvalue weighted by molar-refractivity contribution is -0.125. The van der Waals surface area contributed by atoms with Gasteiger partial charge in [-0.25, -0.2) is 17.9 Å². The second-order valence-electron chi connectivity index (χ2n) is 4.63. The van der Waals surface area contributed by atoms with Crippen LogP contribution in [0, 0.1) is 5.41 Å². The Morgan fingerprint density at radius 3 is 2.45 bits per heavy atom. The average Bonchev–Trinajstić information content (AvgIpc) is 2.70. The number of primary amides is 1. The molecule has 20 heavy (non-hydrogen) atoms. The van der Waals surface area contributed by atoms with Gasteiger partial charge in [0.2, 0.25) is 21.7 Å². The fourth-order valence-electron chi connectivity index (χ4n) is 1.08. The maximum atomic E-state index is 12.0. The van der Waals surface area contributed by atoms with Crippen molar-refractivity contribution in [2.75, 3.05) is 6.54 Å². The number of amides is 1. The summed E-state index contributed by atoms with van der Waals surface area (Å²) in [5.74, 6) is -2.59. The molecule has 0 atom stereocenters. The van der Waals surface area contributed by atoms with Crippen LogP contribution in [0.1, 0.15) is 24.4 Å². The van der Waals surface area contributed by atoms with E-state index < -0.39 is 33.1 Å². The lowest BCUT2D eigenvalue weighted by Crippen LogP contribution is -2.42. The van der Waals surface area contributed by atoms with Gasteiger partial charge in [-0.05, 0) is 29.8 Å². The number of halogens is 1. The minimum atomic E-state index is -4.03. The third-order valence-electron chi connectivity index (χ3n) is 2.53. The lowest BCUT2D eigenvalue weighted by Gasteiger charge is -2.20. The predicted octanol–water partition coefficient (Wildman–Crippen LogP) is 0.530. The van der Waals surface area contributed by atoms with E-state index in [0.717, 1.165) is 6.07 Å². The van der Waals surface area contributed by atoms with Crippen molar-refractivity contribution >= 4 is 37.8 Å². The Hall–Kier alpha value is -1.39. The first-order valence-electron chi connectivity index (χ1n) is 5.29. The Morgan fingerprint density at radius 1 is 1.50 bits per heavy atom. The summed E-state index contributed by atoms with van der Waals surface area (Å²) in [6.07, 6.45) is 0. The SMILES string of the molecule is CC(C)(CNS(=O)(=O)c1cc(C(=O)O)oc1Br)C(N)=O. The largest absolute Gasteiger partial charge is 0.475 e. The molecule has 0 aliphatic carbocycles. The zero-order valence-corrected chi connectivity index (χ0v) is 13.0. The minimum absolute atomic E-state index is 0.231. The monoisotopic (exact) mass is 368 g/mol. The summed E-state index contributed by atoms with van der Waals surface area (Å²) >= 11 is 2.83. The number of sulfonamides is 1. The third-order valence-corrected chi connectivity index (χ3v) is 4.79. The van der Waals surface area contributed by atoms with Crippen molar-refractivity contribution in [1.82, 2.24) is 4.72 Å². The minimum Gasteiger partial charge on any atom is -0.475 e. The smallest absolute Gasteiger partial charge is 0.371 e. The van der Waals surface area contributed by atoms with Crippen molar-refractivity contribution in [1.29, 1.82) is 0 Å². The molecule has 0 radical (unpaired) electrons. The highest BCUT2D eigenvalue weighted by Gasteiger charge is 2.30. The fraction of sp³-hybridized carbons (Fsp3) is 0.400. The molecule has 1 aromatic heterocycles. The first-order valence-corrected chi connectivity index (χ1v) is 7.57. The number of aromatic carboxylic acids is 1. The van der Waals surface area contributed by atoms with Crippen LogP contribution in [0.3, 0.4) is 0 Å². The summed E-state index contributed by atoms with van der Waals surface area (Å²) in [5.41, 5.74) is 4.05. The summed E-state index contributed by atoms with van der Waals surface area (Å²) < 4.78 is 30.7. The number of carbonyl (C=O) groups is 2. The molecule has 0 aromatic carbocycles. The van der Waals surface area contributed by atoms with Gasteiger partial charge in [0.1, 0.15) is 4.90 Å². The fourth-order valence-corrected chi connectivity index (χ4v) is 3.23. The Bertz CT molecular complexity index is 649. The van der Waals surface area contributed by atoms with Crippen molar-refractivity contribution in [2.24, 2.45) is 11.1 Å². The van der Waals surface area contributed by atoms with Crippen LogP contribution < -0.4 is 10.5 Å². The molecule has 0 saturated carbocycles. The number of nitrogens with two attached hydrogens (primary N) is 1. The molecule has 0 saturated heterocycles. The molecule has 1 heterocycles. The van der Waals surface area contributed by atoms with Gasteiger partial charge in [-0.1, -0.05) is 0 Å². The van der Waals surface area contributed by atoms with Crippen molar-refractivity contribution in [3.05, 3.63) is 16.5 Å². The summed E-state index contributed by atoms with van der Waals surface area (Å²) in [7, 11) is -4.03. The number of hydrogen-bond donors (Lipinski definition) is 3. The normalized spacial score (nSPS) is 12.3. The van der Waals surface area contributed by atoms with E-state index in [1.165, 1.54) is 13.8 Å². The van der Waals surface area contributed by atoms with Crippen LogP contribution in [0.4, 0.5) is 0 Å². The third kappa shape index (κ3) is 3.58. The predicted molar refractivity (Wildman–Crippen MR) is 71.5 cm³/mol. The van der Waals surface area contributed by atoms with Crippen LogP contribution in [0.25, 0.3) is 0 Å². The van der Waals surface area contributed by atoms with E-state index >= 15 is 0 Å². The molecule has 112 valence electrons. The van der Waals surface area contributed by atoms with E-state index in [9.17, 15) is 18.0 Å². The van der Waals surface area contributed by atoms with Crippen LogP contribution in [0.5, 0.6) is 0 Å². The Morgan fingerprint density at radius 2 is 2.05 bits per heavy atom. The van der Waals surface area contributed by atoms with Gasteiger partial charge in [0.25, 0.3) is 0 Å². The van der Waals surface area contributed by atoms with Crippen molar-refractivity contribution in [3.63, 3.8) is 0 Å². The molecule has 0 aliphatic rings. The number of nitrogens with one attached hydrogen (secondary N) is 1. The highest BCUT2D eigenvalue weighted by atomic mass is 79.9. The number of rotatable bonds is 6. The van der Waals surface area contributed by atoms with E-state index in [4.69, 9.17) is 15.3 Å². The summed E-state index contributed by atoms with van der Waals surface area (Å²) in [5, 5.41) is 8.73. The molecule has 8 nitrogen and oxygen atoms in total. The van der Waals surface area contributed by atoms with Gasteiger partial charge in [-0.3, -0.25) is 4.79 Å². The zero-order valence-electron chi connectivity index (χ0n) is 10.6. The Balaban J connectivity index is 3.01. The van der Waals surface area contributed by atoms with Crippen LogP contribution in [0.15, 0.2) is 20.0 Å². The molecule has 1 aromatic rings. The van der Waals surface area contributed by atoms with Crippen molar-refractivity contribution in [3.8, 4) is 0 Å². The molecule has 4 N–H and O–H groups in total. The van der Waals surface area contributed by atoms with E-state index in [1.54, 1.807) is 0 Å². The van der Waals surface area contributed by atoms with Gasteiger partial charge in [-0.2, -0.15) is 0 Å². The average molecular weight is 369 g/mol. The Labute approximate surface area is 123 Å². The van der Waals surface area contributed by atoms with E-state index in [2.05, 4.69) is 20.7 Å². The molecular weight excluding hydrogens is 356 g/mol. The standard InChI is InChI=1S/C10H13BrN2O6S/c1-10(2,9(12)16)4-13-20(17,18)6-3-5(8(14)15)19-7(6)11/h3,13H,4H2,1-2H3,(H2,12,16)(H,14,15).